The number of carbonyl (C=O) groups excluding carboxylic acids is 1. The quantitative estimate of drug-likeness (QED) is 0.372. The van der Waals surface area contributed by atoms with Gasteiger partial charge in [0.1, 0.15) is 30.4 Å². The lowest BCUT2D eigenvalue weighted by molar-refractivity contribution is -0.938. The number of ether oxygens (including phenoxy) is 2. The van der Waals surface area contributed by atoms with Crippen LogP contribution < -0.4 is 17.0 Å². The highest BCUT2D eigenvalue weighted by molar-refractivity contribution is 7.12. The van der Waals surface area contributed by atoms with Crippen molar-refractivity contribution >= 4 is 28.6 Å². The molecule has 2 aromatic heterocycles. The maximum absolute atomic E-state index is 13.2. The lowest BCUT2D eigenvalue weighted by Crippen LogP contribution is -3.00. The Morgan fingerprint density at radius 2 is 1.79 bits per heavy atom. The third kappa shape index (κ3) is 3.09. The molecule has 28 heavy (non-hydrogen) atoms. The molecule has 0 amide bonds. The van der Waals surface area contributed by atoms with Crippen molar-refractivity contribution in [3.05, 3.63) is 44.8 Å². The van der Waals surface area contributed by atoms with Crippen LogP contribution in [0.4, 0.5) is 0 Å². The number of likely N-dealkylation sites (N-methyl/N-ethyl adjacent to an activating group) is 1. The number of quaternary nitrogens is 1. The van der Waals surface area contributed by atoms with E-state index in [0.717, 1.165) is 0 Å². The molecule has 5 rings (SSSR count). The van der Waals surface area contributed by atoms with E-state index in [0.29, 0.717) is 22.6 Å². The van der Waals surface area contributed by atoms with Crippen molar-refractivity contribution < 1.29 is 45.0 Å². The van der Waals surface area contributed by atoms with Crippen molar-refractivity contribution in [2.24, 2.45) is 0 Å². The van der Waals surface area contributed by atoms with E-state index < -0.39 is 24.7 Å². The molecule has 0 radical (unpaired) electrons. The van der Waals surface area contributed by atoms with Gasteiger partial charge in [-0.25, -0.2) is 4.79 Å². The standard InChI is InChI=1S/C19H22NO4S2.CH4.BrH/c1-20(2)12-9-11(10-13(20)17-16(12)24-17)23-18(21)19(22,14-5-3-7-25-14)15-6-4-8-26-15;;/h3-8,11-13,16-17,22H,9-10H2,1-2H3;1H4;1H/q+1;;/p-1/i1D3;;. The summed E-state index contributed by atoms with van der Waals surface area (Å²) >= 11 is 2.60. The normalized spacial score (nSPS) is 37.4. The largest absolute Gasteiger partial charge is 1.00 e. The highest BCUT2D eigenvalue weighted by Gasteiger charge is 2.71. The van der Waals surface area contributed by atoms with Crippen LogP contribution in [-0.2, 0) is 19.9 Å². The number of thiophene rings is 2. The number of fused-ring (bicyclic) bond motifs is 5. The number of morpholine rings is 1. The molecule has 3 fully saturated rings. The van der Waals surface area contributed by atoms with Crippen molar-refractivity contribution in [3.8, 4) is 0 Å². The van der Waals surface area contributed by atoms with Crippen LogP contribution in [0.15, 0.2) is 35.0 Å². The number of rotatable bonds is 4. The molecule has 4 unspecified atom stereocenters. The summed E-state index contributed by atoms with van der Waals surface area (Å²) in [4.78, 5) is 14.2. The molecule has 3 aliphatic heterocycles. The number of carbonyl (C=O) groups is 1. The number of halogens is 1. The molecule has 5 heterocycles. The van der Waals surface area contributed by atoms with Gasteiger partial charge in [0.15, 0.2) is 0 Å². The zero-order valence-electron chi connectivity index (χ0n) is 17.6. The molecule has 0 aliphatic carbocycles. The Balaban J connectivity index is 0.00000136. The smallest absolute Gasteiger partial charge is 0.349 e. The summed E-state index contributed by atoms with van der Waals surface area (Å²) in [6, 6.07) is 6.55. The van der Waals surface area contributed by atoms with E-state index in [-0.39, 0.29) is 53.2 Å². The predicted octanol–water partition coefficient (Wildman–Crippen LogP) is -0.0142. The highest BCUT2D eigenvalue weighted by atomic mass is 79.9. The van der Waals surface area contributed by atoms with Crippen LogP contribution in [0.1, 0.15) is 34.1 Å². The van der Waals surface area contributed by atoms with Crippen LogP contribution in [-0.4, -0.2) is 60.0 Å². The first kappa shape index (κ1) is 18.0. The third-order valence-corrected chi connectivity index (χ3v) is 7.99. The van der Waals surface area contributed by atoms with Crippen molar-refractivity contribution in [1.29, 1.82) is 0 Å². The van der Waals surface area contributed by atoms with Crippen molar-refractivity contribution in [3.63, 3.8) is 0 Å². The monoisotopic (exact) mass is 490 g/mol. The van der Waals surface area contributed by atoms with Gasteiger partial charge in [-0.15, -0.1) is 22.7 Å². The van der Waals surface area contributed by atoms with Gasteiger partial charge in [0, 0.05) is 12.8 Å². The van der Waals surface area contributed by atoms with Gasteiger partial charge in [-0.2, -0.15) is 0 Å². The molecule has 0 saturated carbocycles. The fraction of sp³-hybridized carbons (Fsp3) is 0.550. The van der Waals surface area contributed by atoms with Crippen LogP contribution in [0.2, 0.25) is 0 Å². The Hall–Kier alpha value is -0.770. The molecular formula is C20H26BrNO4S2. The molecule has 1 N–H and O–H groups in total. The van der Waals surface area contributed by atoms with E-state index in [4.69, 9.17) is 13.6 Å². The first-order valence-electron chi connectivity index (χ1n) is 10.2. The molecular weight excluding hydrogens is 462 g/mol. The van der Waals surface area contributed by atoms with Crippen LogP contribution in [0.25, 0.3) is 0 Å². The van der Waals surface area contributed by atoms with E-state index in [2.05, 4.69) is 0 Å². The Bertz CT molecular complexity index is 869. The number of hydrogen-bond acceptors (Lipinski definition) is 6. The lowest BCUT2D eigenvalue weighted by Gasteiger charge is -2.45. The zero-order valence-corrected chi connectivity index (χ0v) is 17.8. The van der Waals surface area contributed by atoms with Crippen LogP contribution >= 0.6 is 22.7 Å². The van der Waals surface area contributed by atoms with Gasteiger partial charge in [-0.3, -0.25) is 0 Å². The van der Waals surface area contributed by atoms with E-state index in [1.807, 2.05) is 10.8 Å². The Morgan fingerprint density at radius 1 is 1.25 bits per heavy atom. The molecule has 4 atom stereocenters. The van der Waals surface area contributed by atoms with Crippen LogP contribution in [0, 0.1) is 0 Å². The molecule has 0 aromatic carbocycles. The van der Waals surface area contributed by atoms with Gasteiger partial charge >= 0.3 is 5.97 Å². The summed E-state index contributed by atoms with van der Waals surface area (Å²) in [5, 5.41) is 15.0. The van der Waals surface area contributed by atoms with Crippen molar-refractivity contribution in [2.75, 3.05) is 14.0 Å². The number of esters is 1. The number of aliphatic hydroxyl groups is 1. The summed E-state index contributed by atoms with van der Waals surface area (Å²) in [7, 11) is 1.77. The second-order valence-electron chi connectivity index (χ2n) is 7.51. The molecule has 3 aliphatic rings. The average molecular weight is 491 g/mol. The average Bonchev–Trinajstić information content (AvgIpc) is 3.04. The topological polar surface area (TPSA) is 59.1 Å². The number of epoxide rings is 1. The summed E-state index contributed by atoms with van der Waals surface area (Å²) in [5.41, 5.74) is -1.85. The Labute approximate surface area is 188 Å². The van der Waals surface area contributed by atoms with Gasteiger partial charge in [-0.1, -0.05) is 19.6 Å². The summed E-state index contributed by atoms with van der Waals surface area (Å²) in [6.07, 6.45) is 0.242. The fourth-order valence-electron chi connectivity index (χ4n) is 4.58. The zero-order chi connectivity index (χ0) is 20.6. The lowest BCUT2D eigenvalue weighted by atomic mass is 9.95. The van der Waals surface area contributed by atoms with Gasteiger partial charge < -0.3 is 36.0 Å². The summed E-state index contributed by atoms with van der Waals surface area (Å²) in [6.45, 7) is -2.14. The van der Waals surface area contributed by atoms with E-state index >= 15 is 0 Å². The number of piperidine rings is 1. The van der Waals surface area contributed by atoms with Crippen LogP contribution in [0.3, 0.4) is 0 Å². The summed E-state index contributed by atoms with van der Waals surface area (Å²) in [5.74, 6) is -0.702. The van der Waals surface area contributed by atoms with E-state index in [1.54, 1.807) is 31.3 Å². The Morgan fingerprint density at radius 3 is 2.21 bits per heavy atom. The Kier molecular flexibility index (Phi) is 4.82. The maximum atomic E-state index is 13.2. The number of nitrogens with zero attached hydrogens (tertiary/aromatic N) is 1. The molecule has 3 saturated heterocycles. The highest BCUT2D eigenvalue weighted by Crippen LogP contribution is 2.52. The fourth-order valence-corrected chi connectivity index (χ4v) is 6.29. The molecule has 5 nitrogen and oxygen atoms in total. The van der Waals surface area contributed by atoms with E-state index in [1.165, 1.54) is 22.7 Å². The first-order valence-corrected chi connectivity index (χ1v) is 10.5. The summed E-state index contributed by atoms with van der Waals surface area (Å²) < 4.78 is 35.6. The minimum atomic E-state index is -2.14. The molecule has 0 spiro atoms. The second kappa shape index (κ2) is 7.49. The molecule has 2 bridgehead atoms. The SMILES string of the molecule is C.[2H]C([2H])([2H])[N+]1(C)C2CC(OC(=O)C(O)(c3cccs3)c3cccs3)CC1C1OC12.[Br-]. The van der Waals surface area contributed by atoms with Gasteiger partial charge in [0.05, 0.1) is 27.9 Å². The second-order valence-corrected chi connectivity index (χ2v) is 9.41. The number of hydrogen-bond donors (Lipinski definition) is 1. The van der Waals surface area contributed by atoms with E-state index in [9.17, 15) is 9.90 Å². The molecule has 8 heteroatoms. The third-order valence-electron chi connectivity index (χ3n) is 6.03. The molecule has 154 valence electrons. The predicted molar refractivity (Wildman–Crippen MR) is 106 cm³/mol. The minimum absolute atomic E-state index is 0. The van der Waals surface area contributed by atoms with Crippen molar-refractivity contribution in [1.82, 2.24) is 0 Å². The van der Waals surface area contributed by atoms with Crippen LogP contribution in [0.5, 0.6) is 0 Å². The first-order chi connectivity index (χ1) is 13.7. The minimum Gasteiger partial charge on any atom is -1.00 e. The van der Waals surface area contributed by atoms with Gasteiger partial charge in [0.25, 0.3) is 0 Å². The molecule has 2 aromatic rings. The van der Waals surface area contributed by atoms with Gasteiger partial charge in [0.2, 0.25) is 5.60 Å². The maximum Gasteiger partial charge on any atom is 0.349 e. The van der Waals surface area contributed by atoms with Crippen molar-refractivity contribution in [2.45, 2.75) is 56.3 Å². The van der Waals surface area contributed by atoms with Gasteiger partial charge in [-0.05, 0) is 22.9 Å².